The summed E-state index contributed by atoms with van der Waals surface area (Å²) < 4.78 is 6.77. The zero-order chi connectivity index (χ0) is 33.5. The van der Waals surface area contributed by atoms with E-state index in [1.165, 1.54) is 11.1 Å². The normalized spacial score (nSPS) is 11.9. The standard InChI is InChI=1S/C45H28N6/c1-3-13-29(14-4-1)31-23-25-37-42(27-31)51-41-22-12-11-21-40(41)49(45(51)47-37)32-24-26-39-35(28-32)33-17-8-10-20-38(33)50(39)44-46-36-19-9-7-18-34(36)43(48-44)30-15-5-2-6-16-30/h1-28H. The Bertz CT molecular complexity index is 3130. The fourth-order valence-corrected chi connectivity index (χ4v) is 7.76. The van der Waals surface area contributed by atoms with Gasteiger partial charge >= 0.3 is 0 Å². The zero-order valence-electron chi connectivity index (χ0n) is 27.3. The molecule has 4 aromatic heterocycles. The van der Waals surface area contributed by atoms with E-state index in [0.29, 0.717) is 5.95 Å². The Labute approximate surface area is 292 Å². The fourth-order valence-electron chi connectivity index (χ4n) is 7.76. The summed E-state index contributed by atoms with van der Waals surface area (Å²) in [4.78, 5) is 15.6. The molecule has 0 aliphatic heterocycles. The van der Waals surface area contributed by atoms with Crippen molar-refractivity contribution in [3.05, 3.63) is 170 Å². The van der Waals surface area contributed by atoms with Crippen LogP contribution in [0.4, 0.5) is 0 Å². The molecule has 6 heteroatoms. The summed E-state index contributed by atoms with van der Waals surface area (Å²) in [6, 6.07) is 59.5. The molecule has 7 aromatic carbocycles. The van der Waals surface area contributed by atoms with Crippen LogP contribution in [0, 0.1) is 0 Å². The van der Waals surface area contributed by atoms with Crippen molar-refractivity contribution in [2.45, 2.75) is 0 Å². The molecule has 0 aliphatic rings. The molecular weight excluding hydrogens is 625 g/mol. The lowest BCUT2D eigenvalue weighted by Gasteiger charge is -2.12. The van der Waals surface area contributed by atoms with Gasteiger partial charge in [0, 0.05) is 27.4 Å². The van der Waals surface area contributed by atoms with Crippen LogP contribution in [0.3, 0.4) is 0 Å². The number of nitrogens with zero attached hydrogens (tertiary/aromatic N) is 6. The third-order valence-electron chi connectivity index (χ3n) is 10.1. The first-order valence-electron chi connectivity index (χ1n) is 17.1. The van der Waals surface area contributed by atoms with Gasteiger partial charge in [-0.05, 0) is 65.7 Å². The summed E-state index contributed by atoms with van der Waals surface area (Å²) in [5, 5.41) is 3.29. The maximum absolute atomic E-state index is 5.25. The molecule has 51 heavy (non-hydrogen) atoms. The quantitative estimate of drug-likeness (QED) is 0.190. The summed E-state index contributed by atoms with van der Waals surface area (Å²) in [7, 11) is 0. The van der Waals surface area contributed by atoms with Gasteiger partial charge in [-0.15, -0.1) is 0 Å². The summed E-state index contributed by atoms with van der Waals surface area (Å²) in [6.45, 7) is 0. The molecule has 0 aliphatic carbocycles. The smallest absolute Gasteiger partial charge is 0.235 e. The van der Waals surface area contributed by atoms with Gasteiger partial charge in [-0.3, -0.25) is 13.5 Å². The number of fused-ring (bicyclic) bond motifs is 9. The van der Waals surface area contributed by atoms with E-state index in [1.54, 1.807) is 0 Å². The minimum Gasteiger partial charge on any atom is -0.278 e. The third kappa shape index (κ3) is 4.14. The third-order valence-corrected chi connectivity index (χ3v) is 10.1. The van der Waals surface area contributed by atoms with Gasteiger partial charge in [0.25, 0.3) is 0 Å². The van der Waals surface area contributed by atoms with Crippen molar-refractivity contribution in [1.82, 2.24) is 28.5 Å². The topological polar surface area (TPSA) is 52.9 Å². The highest BCUT2D eigenvalue weighted by Gasteiger charge is 2.21. The molecule has 0 N–H and O–H groups in total. The molecule has 4 heterocycles. The van der Waals surface area contributed by atoms with Crippen molar-refractivity contribution in [3.8, 4) is 34.0 Å². The van der Waals surface area contributed by atoms with Crippen LogP contribution in [-0.4, -0.2) is 28.5 Å². The monoisotopic (exact) mass is 652 g/mol. The first kappa shape index (κ1) is 27.9. The van der Waals surface area contributed by atoms with Gasteiger partial charge in [0.1, 0.15) is 0 Å². The van der Waals surface area contributed by atoms with E-state index in [4.69, 9.17) is 15.0 Å². The summed E-state index contributed by atoms with van der Waals surface area (Å²) >= 11 is 0. The van der Waals surface area contributed by atoms with Crippen LogP contribution in [0.15, 0.2) is 170 Å². The molecule has 6 nitrogen and oxygen atoms in total. The molecule has 0 saturated heterocycles. The van der Waals surface area contributed by atoms with Crippen molar-refractivity contribution in [1.29, 1.82) is 0 Å². The summed E-state index contributed by atoms with van der Waals surface area (Å²) in [5.41, 5.74) is 12.6. The second-order valence-electron chi connectivity index (χ2n) is 13.0. The Morgan fingerprint density at radius 3 is 1.84 bits per heavy atom. The number of benzene rings is 7. The second kappa shape index (κ2) is 10.7. The van der Waals surface area contributed by atoms with Crippen LogP contribution >= 0.6 is 0 Å². The largest absolute Gasteiger partial charge is 0.278 e. The molecule has 0 fully saturated rings. The number of aromatic nitrogens is 6. The van der Waals surface area contributed by atoms with Gasteiger partial charge in [-0.1, -0.05) is 115 Å². The molecule has 0 radical (unpaired) electrons. The maximum Gasteiger partial charge on any atom is 0.235 e. The van der Waals surface area contributed by atoms with Crippen LogP contribution in [0.25, 0.3) is 94.6 Å². The highest BCUT2D eigenvalue weighted by atomic mass is 15.2. The number of rotatable bonds is 4. The molecule has 0 bridgehead atoms. The Balaban J connectivity index is 1.16. The van der Waals surface area contributed by atoms with E-state index in [-0.39, 0.29) is 0 Å². The van der Waals surface area contributed by atoms with Crippen LogP contribution in [0.5, 0.6) is 0 Å². The highest BCUT2D eigenvalue weighted by molar-refractivity contribution is 6.10. The molecule has 0 spiro atoms. The van der Waals surface area contributed by atoms with Gasteiger partial charge in [0.15, 0.2) is 0 Å². The van der Waals surface area contributed by atoms with Gasteiger partial charge in [0.2, 0.25) is 11.7 Å². The number of para-hydroxylation sites is 4. The molecule has 238 valence electrons. The van der Waals surface area contributed by atoms with Gasteiger partial charge in [0.05, 0.1) is 44.3 Å². The van der Waals surface area contributed by atoms with Crippen molar-refractivity contribution >= 4 is 60.6 Å². The Hall–Kier alpha value is -7.05. The maximum atomic E-state index is 5.25. The van der Waals surface area contributed by atoms with Gasteiger partial charge < -0.3 is 0 Å². The summed E-state index contributed by atoms with van der Waals surface area (Å²) in [6.07, 6.45) is 0. The SMILES string of the molecule is c1ccc(-c2ccc3nc4n(-c5ccc6c(c5)c5ccccc5n6-c5nc(-c6ccccc6)c6ccccc6n5)c5ccccc5n4c3c2)cc1. The second-order valence-corrected chi connectivity index (χ2v) is 13.0. The molecule has 11 aromatic rings. The molecule has 0 atom stereocenters. The van der Waals surface area contributed by atoms with Crippen LogP contribution < -0.4 is 0 Å². The molecule has 11 rings (SSSR count). The Kier molecular flexibility index (Phi) is 5.86. The fraction of sp³-hybridized carbons (Fsp3) is 0. The lowest BCUT2D eigenvalue weighted by Crippen LogP contribution is -2.03. The minimum atomic E-state index is 0.647. The highest BCUT2D eigenvalue weighted by Crippen LogP contribution is 2.37. The lowest BCUT2D eigenvalue weighted by molar-refractivity contribution is 1.01. The van der Waals surface area contributed by atoms with Crippen LogP contribution in [0.2, 0.25) is 0 Å². The number of imidazole rings is 2. The van der Waals surface area contributed by atoms with Gasteiger partial charge in [-0.25, -0.2) is 15.0 Å². The number of hydrogen-bond donors (Lipinski definition) is 0. The van der Waals surface area contributed by atoms with E-state index in [0.717, 1.165) is 77.5 Å². The average Bonchev–Trinajstić information content (AvgIpc) is 3.84. The lowest BCUT2D eigenvalue weighted by atomic mass is 10.1. The van der Waals surface area contributed by atoms with Crippen LogP contribution in [-0.2, 0) is 0 Å². The molecule has 0 saturated carbocycles. The van der Waals surface area contributed by atoms with E-state index >= 15 is 0 Å². The molecule has 0 unspecified atom stereocenters. The van der Waals surface area contributed by atoms with E-state index in [9.17, 15) is 0 Å². The average molecular weight is 653 g/mol. The van der Waals surface area contributed by atoms with E-state index in [1.807, 2.05) is 18.2 Å². The molecule has 0 amide bonds. The first-order chi connectivity index (χ1) is 25.3. The van der Waals surface area contributed by atoms with Crippen molar-refractivity contribution < 1.29 is 0 Å². The first-order valence-corrected chi connectivity index (χ1v) is 17.1. The van der Waals surface area contributed by atoms with Crippen molar-refractivity contribution in [2.75, 3.05) is 0 Å². The Morgan fingerprint density at radius 2 is 1.02 bits per heavy atom. The Morgan fingerprint density at radius 1 is 0.353 bits per heavy atom. The minimum absolute atomic E-state index is 0.647. The predicted octanol–water partition coefficient (Wildman–Crippen LogP) is 10.8. The van der Waals surface area contributed by atoms with E-state index < -0.39 is 0 Å². The van der Waals surface area contributed by atoms with Crippen LogP contribution in [0.1, 0.15) is 0 Å². The van der Waals surface area contributed by atoms with Crippen molar-refractivity contribution in [2.24, 2.45) is 0 Å². The molecular formula is C45H28N6. The predicted molar refractivity (Wildman–Crippen MR) is 208 cm³/mol. The number of hydrogen-bond acceptors (Lipinski definition) is 3. The van der Waals surface area contributed by atoms with Gasteiger partial charge in [-0.2, -0.15) is 0 Å². The summed E-state index contributed by atoms with van der Waals surface area (Å²) in [5.74, 6) is 1.53. The van der Waals surface area contributed by atoms with Crippen molar-refractivity contribution in [3.63, 3.8) is 0 Å². The zero-order valence-corrected chi connectivity index (χ0v) is 27.3. The van der Waals surface area contributed by atoms with E-state index in [2.05, 4.69) is 165 Å².